The van der Waals surface area contributed by atoms with E-state index in [-0.39, 0.29) is 6.03 Å². The maximum absolute atomic E-state index is 12.3. The number of amides is 2. The molecule has 10 heteroatoms. The largest absolute Gasteiger partial charge is 0.497 e. The van der Waals surface area contributed by atoms with Gasteiger partial charge in [-0.3, -0.25) is 0 Å². The van der Waals surface area contributed by atoms with Gasteiger partial charge < -0.3 is 29.8 Å². The molecule has 0 aliphatic carbocycles. The van der Waals surface area contributed by atoms with E-state index in [9.17, 15) is 9.59 Å². The predicted octanol–water partition coefficient (Wildman–Crippen LogP) is 5.85. The lowest BCUT2D eigenvalue weighted by Crippen LogP contribution is -2.30. The number of hydrogen-bond donors (Lipinski definition) is 3. The summed E-state index contributed by atoms with van der Waals surface area (Å²) in [5, 5.41) is 6.33. The second kappa shape index (κ2) is 13.4. The van der Waals surface area contributed by atoms with Gasteiger partial charge >= 0.3 is 12.0 Å². The number of imidazole rings is 1. The molecule has 39 heavy (non-hydrogen) atoms. The van der Waals surface area contributed by atoms with E-state index < -0.39 is 5.97 Å². The zero-order chi connectivity index (χ0) is 27.6. The summed E-state index contributed by atoms with van der Waals surface area (Å²) < 4.78 is 15.6. The molecule has 202 valence electrons. The van der Waals surface area contributed by atoms with Crippen molar-refractivity contribution in [3.05, 3.63) is 78.4 Å². The number of esters is 1. The average Bonchev–Trinajstić information content (AvgIpc) is 3.40. The van der Waals surface area contributed by atoms with Crippen LogP contribution in [-0.2, 0) is 4.74 Å². The van der Waals surface area contributed by atoms with Crippen LogP contribution in [0.3, 0.4) is 0 Å². The highest BCUT2D eigenvalue weighted by atomic mass is 32.2. The first kappa shape index (κ1) is 27.6. The Morgan fingerprint density at radius 3 is 2.08 bits per heavy atom. The highest BCUT2D eigenvalue weighted by Gasteiger charge is 2.15. The lowest BCUT2D eigenvalue weighted by atomic mass is 10.0. The van der Waals surface area contributed by atoms with Crippen LogP contribution in [0.5, 0.6) is 11.5 Å². The molecule has 1 aromatic heterocycles. The van der Waals surface area contributed by atoms with Crippen molar-refractivity contribution in [2.45, 2.75) is 12.1 Å². The van der Waals surface area contributed by atoms with E-state index in [1.165, 1.54) is 11.8 Å². The summed E-state index contributed by atoms with van der Waals surface area (Å²) in [5.41, 5.74) is 4.65. The van der Waals surface area contributed by atoms with Crippen LogP contribution < -0.4 is 20.1 Å². The number of nitrogens with one attached hydrogen (secondary N) is 3. The number of ether oxygens (including phenoxy) is 3. The van der Waals surface area contributed by atoms with Crippen LogP contribution in [0, 0.1) is 0 Å². The topological polar surface area (TPSA) is 115 Å². The third kappa shape index (κ3) is 7.32. The number of urea groups is 1. The van der Waals surface area contributed by atoms with E-state index in [1.807, 2.05) is 48.5 Å². The molecule has 0 saturated carbocycles. The Labute approximate surface area is 231 Å². The Morgan fingerprint density at radius 2 is 1.49 bits per heavy atom. The molecular weight excluding hydrogens is 516 g/mol. The van der Waals surface area contributed by atoms with E-state index in [0.29, 0.717) is 30.2 Å². The van der Waals surface area contributed by atoms with Gasteiger partial charge in [0.1, 0.15) is 11.5 Å². The number of methoxy groups -OCH3 is 2. The molecule has 4 aromatic rings. The van der Waals surface area contributed by atoms with Gasteiger partial charge in [-0.25, -0.2) is 14.6 Å². The Kier molecular flexibility index (Phi) is 9.47. The van der Waals surface area contributed by atoms with E-state index in [2.05, 4.69) is 15.6 Å². The molecule has 2 amide bonds. The quantitative estimate of drug-likeness (QED) is 0.123. The number of anilines is 1. The third-order valence-corrected chi connectivity index (χ3v) is 6.58. The minimum absolute atomic E-state index is 0.308. The SMILES string of the molecule is CCOC(=O)c1ccc(NC(=O)NCCSc2nc(-c3ccc(OC)cc3)c(-c3ccc(OC)cc3)[nH]2)cc1. The number of H-pyrrole nitrogens is 1. The van der Waals surface area contributed by atoms with Crippen molar-refractivity contribution >= 4 is 29.4 Å². The monoisotopic (exact) mass is 546 g/mol. The van der Waals surface area contributed by atoms with Gasteiger partial charge in [-0.05, 0) is 79.7 Å². The fourth-order valence-corrected chi connectivity index (χ4v) is 4.46. The number of hydrogen-bond acceptors (Lipinski definition) is 7. The number of rotatable bonds is 11. The standard InChI is InChI=1S/C29H30N4O5S/c1-4-38-27(34)21-5-11-22(12-6-21)31-28(35)30-17-18-39-29-32-25(19-7-13-23(36-2)14-8-19)26(33-29)20-9-15-24(37-3)16-10-20/h5-16H,4,17-18H2,1-3H3,(H,32,33)(H2,30,31,35). The average molecular weight is 547 g/mol. The molecule has 0 fully saturated rings. The summed E-state index contributed by atoms with van der Waals surface area (Å²) in [6.45, 7) is 2.48. The molecule has 1 heterocycles. The van der Waals surface area contributed by atoms with Crippen LogP contribution >= 0.6 is 11.8 Å². The highest BCUT2D eigenvalue weighted by molar-refractivity contribution is 7.99. The first-order chi connectivity index (χ1) is 19.0. The van der Waals surface area contributed by atoms with Gasteiger partial charge in [-0.15, -0.1) is 0 Å². The van der Waals surface area contributed by atoms with Gasteiger partial charge in [0.15, 0.2) is 5.16 Å². The second-order valence-electron chi connectivity index (χ2n) is 8.25. The molecule has 0 radical (unpaired) electrons. The van der Waals surface area contributed by atoms with Crippen LogP contribution in [0.25, 0.3) is 22.5 Å². The number of nitrogens with zero attached hydrogens (tertiary/aromatic N) is 1. The van der Waals surface area contributed by atoms with Gasteiger partial charge in [-0.2, -0.15) is 0 Å². The number of thioether (sulfide) groups is 1. The van der Waals surface area contributed by atoms with Crippen molar-refractivity contribution in [1.29, 1.82) is 0 Å². The molecule has 0 aliphatic heterocycles. The minimum atomic E-state index is -0.395. The molecule has 0 spiro atoms. The van der Waals surface area contributed by atoms with Crippen molar-refractivity contribution in [3.63, 3.8) is 0 Å². The van der Waals surface area contributed by atoms with Gasteiger partial charge in [-0.1, -0.05) is 11.8 Å². The Balaban J connectivity index is 1.37. The number of aromatic amines is 1. The first-order valence-electron chi connectivity index (χ1n) is 12.3. The van der Waals surface area contributed by atoms with Crippen LogP contribution in [0.4, 0.5) is 10.5 Å². The highest BCUT2D eigenvalue weighted by Crippen LogP contribution is 2.34. The second-order valence-corrected chi connectivity index (χ2v) is 9.33. The molecule has 0 saturated heterocycles. The molecular formula is C29H30N4O5S. The summed E-state index contributed by atoms with van der Waals surface area (Å²) in [4.78, 5) is 32.3. The van der Waals surface area contributed by atoms with Crippen molar-refractivity contribution in [2.24, 2.45) is 0 Å². The maximum Gasteiger partial charge on any atom is 0.338 e. The molecule has 0 aliphatic rings. The third-order valence-electron chi connectivity index (χ3n) is 5.70. The normalized spacial score (nSPS) is 10.5. The van der Waals surface area contributed by atoms with E-state index in [4.69, 9.17) is 19.2 Å². The van der Waals surface area contributed by atoms with Crippen LogP contribution in [0.1, 0.15) is 17.3 Å². The zero-order valence-electron chi connectivity index (χ0n) is 21.9. The molecule has 0 unspecified atom stereocenters. The summed E-state index contributed by atoms with van der Waals surface area (Å²) in [6.07, 6.45) is 0. The number of benzene rings is 3. The molecule has 4 rings (SSSR count). The Morgan fingerprint density at radius 1 is 0.872 bits per heavy atom. The van der Waals surface area contributed by atoms with Crippen LogP contribution in [-0.4, -0.2) is 55.1 Å². The van der Waals surface area contributed by atoms with Gasteiger partial charge in [0, 0.05) is 29.1 Å². The lowest BCUT2D eigenvalue weighted by molar-refractivity contribution is 0.0526. The summed E-state index contributed by atoms with van der Waals surface area (Å²) in [5.74, 6) is 1.76. The number of carbonyl (C=O) groups is 2. The Bertz CT molecular complexity index is 1320. The smallest absolute Gasteiger partial charge is 0.338 e. The summed E-state index contributed by atoms with van der Waals surface area (Å²) in [7, 11) is 3.27. The molecule has 3 N–H and O–H groups in total. The van der Waals surface area contributed by atoms with E-state index in [1.54, 1.807) is 45.4 Å². The zero-order valence-corrected chi connectivity index (χ0v) is 22.8. The van der Waals surface area contributed by atoms with Gasteiger partial charge in [0.05, 0.1) is 37.8 Å². The van der Waals surface area contributed by atoms with Crippen molar-refractivity contribution in [1.82, 2.24) is 15.3 Å². The van der Waals surface area contributed by atoms with Crippen molar-refractivity contribution < 1.29 is 23.8 Å². The Hall–Kier alpha value is -4.44. The lowest BCUT2D eigenvalue weighted by Gasteiger charge is -2.08. The molecule has 0 atom stereocenters. The van der Waals surface area contributed by atoms with E-state index in [0.717, 1.165) is 39.2 Å². The minimum Gasteiger partial charge on any atom is -0.497 e. The number of carbonyl (C=O) groups excluding carboxylic acids is 2. The number of aromatic nitrogens is 2. The van der Waals surface area contributed by atoms with Crippen molar-refractivity contribution in [3.8, 4) is 34.0 Å². The summed E-state index contributed by atoms with van der Waals surface area (Å²) >= 11 is 1.51. The molecule has 9 nitrogen and oxygen atoms in total. The van der Waals surface area contributed by atoms with E-state index >= 15 is 0 Å². The fraction of sp³-hybridized carbons (Fsp3) is 0.207. The fourth-order valence-electron chi connectivity index (χ4n) is 3.74. The molecule has 0 bridgehead atoms. The van der Waals surface area contributed by atoms with Crippen LogP contribution in [0.2, 0.25) is 0 Å². The predicted molar refractivity (Wildman–Crippen MR) is 153 cm³/mol. The maximum atomic E-state index is 12.3. The summed E-state index contributed by atoms with van der Waals surface area (Å²) in [6, 6.07) is 21.8. The van der Waals surface area contributed by atoms with Crippen LogP contribution in [0.15, 0.2) is 78.0 Å². The molecule has 3 aromatic carbocycles. The first-order valence-corrected chi connectivity index (χ1v) is 13.3. The van der Waals surface area contributed by atoms with Gasteiger partial charge in [0.25, 0.3) is 0 Å². The van der Waals surface area contributed by atoms with Crippen molar-refractivity contribution in [2.75, 3.05) is 38.4 Å². The van der Waals surface area contributed by atoms with Gasteiger partial charge in [0.2, 0.25) is 0 Å².